The summed E-state index contributed by atoms with van der Waals surface area (Å²) in [5.74, 6) is 0.812. The number of allylic oxidation sites excluding steroid dienone is 2. The van der Waals surface area contributed by atoms with E-state index in [0.717, 1.165) is 44.9 Å². The quantitative estimate of drug-likeness (QED) is 0.410. The van der Waals surface area contributed by atoms with Gasteiger partial charge in [0, 0.05) is 12.3 Å². The smallest absolute Gasteiger partial charge is 0.303 e. The molecule has 3 aliphatic carbocycles. The largest absolute Gasteiger partial charge is 0.481 e. The number of unbranched alkanes of at least 4 members (excludes halogenated alkanes) is 1. The van der Waals surface area contributed by atoms with Crippen molar-refractivity contribution < 1.29 is 20.1 Å². The van der Waals surface area contributed by atoms with Gasteiger partial charge in [0.1, 0.15) is 0 Å². The summed E-state index contributed by atoms with van der Waals surface area (Å²) in [7, 11) is 0. The van der Waals surface area contributed by atoms with Crippen molar-refractivity contribution in [1.29, 1.82) is 0 Å². The topological polar surface area (TPSA) is 77.8 Å². The molecule has 0 spiro atoms. The molecular weight excluding hydrogens is 340 g/mol. The minimum absolute atomic E-state index is 0.183. The van der Waals surface area contributed by atoms with Gasteiger partial charge >= 0.3 is 5.97 Å². The third kappa shape index (κ3) is 5.23. The zero-order valence-electron chi connectivity index (χ0n) is 16.6. The van der Waals surface area contributed by atoms with E-state index < -0.39 is 11.6 Å². The maximum Gasteiger partial charge on any atom is 0.303 e. The summed E-state index contributed by atoms with van der Waals surface area (Å²) in [5.41, 5.74) is 0.817. The number of aliphatic hydroxyl groups excluding tert-OH is 1. The summed E-state index contributed by atoms with van der Waals surface area (Å²) in [4.78, 5) is 10.6. The number of hydrogen-bond donors (Lipinski definition) is 3. The Balaban J connectivity index is 1.48. The summed E-state index contributed by atoms with van der Waals surface area (Å²) in [6, 6.07) is 0. The third-order valence-corrected chi connectivity index (χ3v) is 7.21. The molecule has 4 heteroatoms. The number of hydrogen-bond acceptors (Lipinski definition) is 3. The molecule has 0 bridgehead atoms. The molecule has 3 N–H and O–H groups in total. The fourth-order valence-electron chi connectivity index (χ4n) is 5.60. The fraction of sp³-hybridized carbons (Fsp3) is 0.783. The van der Waals surface area contributed by atoms with Crippen molar-refractivity contribution in [2.75, 3.05) is 0 Å². The average molecular weight is 377 g/mol. The second-order valence-corrected chi connectivity index (χ2v) is 9.31. The average Bonchev–Trinajstić information content (AvgIpc) is 3.30. The summed E-state index contributed by atoms with van der Waals surface area (Å²) in [6.07, 6.45) is 16.5. The highest BCUT2D eigenvalue weighted by Gasteiger charge is 2.43. The first kappa shape index (κ1) is 20.6. The summed E-state index contributed by atoms with van der Waals surface area (Å²) in [6.45, 7) is 1.97. The predicted octanol–water partition coefficient (Wildman–Crippen LogP) is 4.46. The predicted molar refractivity (Wildman–Crippen MR) is 106 cm³/mol. The molecule has 2 fully saturated rings. The molecule has 3 aliphatic rings. The van der Waals surface area contributed by atoms with Gasteiger partial charge in [0.2, 0.25) is 0 Å². The molecule has 0 aromatic carbocycles. The molecule has 5 atom stereocenters. The molecule has 27 heavy (non-hydrogen) atoms. The first-order chi connectivity index (χ1) is 12.9. The highest BCUT2D eigenvalue weighted by Crippen LogP contribution is 2.48. The molecule has 0 aromatic rings. The maximum atomic E-state index is 10.8. The molecular formula is C23H36O4. The molecule has 0 radical (unpaired) electrons. The van der Waals surface area contributed by atoms with Gasteiger partial charge in [-0.3, -0.25) is 4.79 Å². The number of carboxylic acids is 1. The Morgan fingerprint density at radius 3 is 2.74 bits per heavy atom. The fourth-order valence-corrected chi connectivity index (χ4v) is 5.60. The SMILES string of the molecule is CC(O)(C/C=C/[C@H]1[C@H]2CC(CCCCC(=O)O)=C[C@H]2C[C@H]1O)C1CCCC1. The minimum Gasteiger partial charge on any atom is -0.481 e. The Morgan fingerprint density at radius 1 is 1.30 bits per heavy atom. The molecule has 0 heterocycles. The first-order valence-electron chi connectivity index (χ1n) is 10.9. The lowest BCUT2D eigenvalue weighted by atomic mass is 9.83. The standard InChI is InChI=1S/C23H36O4/c1-23(27,18-8-3-4-9-18)12-6-10-19-20-14-16(7-2-5-11-22(25)26)13-17(20)15-21(19)24/h6,10,13,17-21,24,27H,2-5,7-9,11-12,14-15H2,1H3,(H,25,26)/b10-6+/t17-,19-,20-,21+,23?/m0/s1. The Kier molecular flexibility index (Phi) is 6.80. The Morgan fingerprint density at radius 2 is 2.04 bits per heavy atom. The number of aliphatic hydroxyl groups is 2. The zero-order valence-corrected chi connectivity index (χ0v) is 16.6. The first-order valence-corrected chi connectivity index (χ1v) is 10.9. The molecule has 0 aromatic heterocycles. The van der Waals surface area contributed by atoms with Crippen LogP contribution in [0.2, 0.25) is 0 Å². The minimum atomic E-state index is -0.714. The van der Waals surface area contributed by atoms with Gasteiger partial charge in [-0.1, -0.05) is 36.6 Å². The van der Waals surface area contributed by atoms with Crippen LogP contribution in [0.25, 0.3) is 0 Å². The van der Waals surface area contributed by atoms with Crippen LogP contribution in [0.15, 0.2) is 23.8 Å². The molecule has 0 saturated heterocycles. The summed E-state index contributed by atoms with van der Waals surface area (Å²) in [5, 5.41) is 30.0. The molecule has 3 rings (SSSR count). The normalized spacial score (nSPS) is 33.4. The van der Waals surface area contributed by atoms with Crippen molar-refractivity contribution >= 4 is 5.97 Å². The lowest BCUT2D eigenvalue weighted by Gasteiger charge is -2.29. The van der Waals surface area contributed by atoms with E-state index in [-0.39, 0.29) is 18.4 Å². The number of rotatable bonds is 9. The van der Waals surface area contributed by atoms with E-state index in [1.807, 2.05) is 6.92 Å². The zero-order chi connectivity index (χ0) is 19.4. The van der Waals surface area contributed by atoms with E-state index >= 15 is 0 Å². The van der Waals surface area contributed by atoms with Gasteiger partial charge in [-0.25, -0.2) is 0 Å². The molecule has 2 saturated carbocycles. The molecule has 4 nitrogen and oxygen atoms in total. The van der Waals surface area contributed by atoms with Crippen molar-refractivity contribution in [3.8, 4) is 0 Å². The van der Waals surface area contributed by atoms with Crippen molar-refractivity contribution in [3.63, 3.8) is 0 Å². The van der Waals surface area contributed by atoms with E-state index in [1.165, 1.54) is 18.4 Å². The lowest BCUT2D eigenvalue weighted by Crippen LogP contribution is -2.32. The van der Waals surface area contributed by atoms with Crippen LogP contribution in [0.5, 0.6) is 0 Å². The van der Waals surface area contributed by atoms with Crippen LogP contribution in [-0.4, -0.2) is 33.0 Å². The van der Waals surface area contributed by atoms with Gasteiger partial charge in [0.15, 0.2) is 0 Å². The van der Waals surface area contributed by atoms with Gasteiger partial charge in [0.05, 0.1) is 11.7 Å². The van der Waals surface area contributed by atoms with Crippen LogP contribution in [0.3, 0.4) is 0 Å². The van der Waals surface area contributed by atoms with Gasteiger partial charge in [-0.15, -0.1) is 0 Å². The summed E-state index contributed by atoms with van der Waals surface area (Å²) < 4.78 is 0. The van der Waals surface area contributed by atoms with Crippen molar-refractivity contribution in [2.45, 2.75) is 89.3 Å². The second kappa shape index (κ2) is 8.91. The van der Waals surface area contributed by atoms with Crippen LogP contribution in [0.4, 0.5) is 0 Å². The number of carboxylic acid groups (broad SMARTS) is 1. The van der Waals surface area contributed by atoms with E-state index in [2.05, 4.69) is 18.2 Å². The van der Waals surface area contributed by atoms with Crippen molar-refractivity contribution in [3.05, 3.63) is 23.8 Å². The Bertz CT molecular complexity index is 571. The van der Waals surface area contributed by atoms with E-state index in [0.29, 0.717) is 24.2 Å². The maximum absolute atomic E-state index is 10.8. The van der Waals surface area contributed by atoms with Crippen LogP contribution in [0.1, 0.15) is 77.6 Å². The molecule has 0 amide bonds. The molecule has 0 aliphatic heterocycles. The van der Waals surface area contributed by atoms with Gasteiger partial charge < -0.3 is 15.3 Å². The van der Waals surface area contributed by atoms with Crippen molar-refractivity contribution in [1.82, 2.24) is 0 Å². The van der Waals surface area contributed by atoms with E-state index in [9.17, 15) is 15.0 Å². The monoisotopic (exact) mass is 376 g/mol. The Labute approximate surface area is 163 Å². The van der Waals surface area contributed by atoms with E-state index in [4.69, 9.17) is 5.11 Å². The Hall–Kier alpha value is -1.13. The van der Waals surface area contributed by atoms with Gasteiger partial charge in [-0.05, 0) is 76.0 Å². The van der Waals surface area contributed by atoms with Crippen LogP contribution in [-0.2, 0) is 4.79 Å². The van der Waals surface area contributed by atoms with Gasteiger partial charge in [0.25, 0.3) is 0 Å². The highest BCUT2D eigenvalue weighted by molar-refractivity contribution is 5.66. The van der Waals surface area contributed by atoms with E-state index in [1.54, 1.807) is 0 Å². The van der Waals surface area contributed by atoms with Crippen LogP contribution < -0.4 is 0 Å². The molecule has 152 valence electrons. The third-order valence-electron chi connectivity index (χ3n) is 7.21. The number of aliphatic carboxylic acids is 1. The molecule has 1 unspecified atom stereocenters. The summed E-state index contributed by atoms with van der Waals surface area (Å²) >= 11 is 0. The van der Waals surface area contributed by atoms with Gasteiger partial charge in [-0.2, -0.15) is 0 Å². The number of fused-ring (bicyclic) bond motifs is 1. The number of carbonyl (C=O) groups is 1. The van der Waals surface area contributed by atoms with Crippen molar-refractivity contribution in [2.24, 2.45) is 23.7 Å². The van der Waals surface area contributed by atoms with Crippen LogP contribution in [0, 0.1) is 23.7 Å². The van der Waals surface area contributed by atoms with Crippen LogP contribution >= 0.6 is 0 Å². The highest BCUT2D eigenvalue weighted by atomic mass is 16.4. The second-order valence-electron chi connectivity index (χ2n) is 9.31. The lowest BCUT2D eigenvalue weighted by molar-refractivity contribution is -0.137.